The van der Waals surface area contributed by atoms with Crippen molar-refractivity contribution >= 4 is 17.2 Å². The Balaban J connectivity index is 2.10. The molecule has 5 nitrogen and oxygen atoms in total. The molecule has 0 radical (unpaired) electrons. The number of hydrogen-bond acceptors (Lipinski definition) is 4. The van der Waals surface area contributed by atoms with Crippen LogP contribution in [0.4, 0.5) is 4.39 Å². The first-order valence-electron chi connectivity index (χ1n) is 7.71. The summed E-state index contributed by atoms with van der Waals surface area (Å²) in [5, 5.41) is 7.23. The zero-order valence-electron chi connectivity index (χ0n) is 13.5. The van der Waals surface area contributed by atoms with Gasteiger partial charge in [0, 0.05) is 19.2 Å². The van der Waals surface area contributed by atoms with E-state index in [2.05, 4.69) is 10.4 Å². The van der Waals surface area contributed by atoms with Crippen LogP contribution in [0.1, 0.15) is 18.4 Å². The summed E-state index contributed by atoms with van der Waals surface area (Å²) >= 11 is 5.23. The molecule has 24 heavy (non-hydrogen) atoms. The highest BCUT2D eigenvalue weighted by molar-refractivity contribution is 7.80. The average molecular weight is 347 g/mol. The first-order chi connectivity index (χ1) is 11.5. The molecule has 1 aliphatic carbocycles. The summed E-state index contributed by atoms with van der Waals surface area (Å²) < 4.78 is 20.4. The molecule has 0 saturated heterocycles. The van der Waals surface area contributed by atoms with E-state index in [1.807, 2.05) is 0 Å². The van der Waals surface area contributed by atoms with Gasteiger partial charge in [-0.2, -0.15) is 5.10 Å². The van der Waals surface area contributed by atoms with E-state index in [4.69, 9.17) is 17.0 Å². The number of nitrogens with one attached hydrogen (secondary N) is 1. The highest BCUT2D eigenvalue weighted by Gasteiger charge is 2.24. The molecule has 1 N–H and O–H groups in total. The molecule has 1 aromatic heterocycles. The summed E-state index contributed by atoms with van der Waals surface area (Å²) in [4.78, 5) is 12.9. The third-order valence-corrected chi connectivity index (χ3v) is 4.45. The Bertz CT molecular complexity index is 846. The molecule has 0 amide bonds. The number of thiocarbonyl (C=S) groups is 1. The highest BCUT2D eigenvalue weighted by Crippen LogP contribution is 2.30. The summed E-state index contributed by atoms with van der Waals surface area (Å²) in [5.74, 6) is 0.166. The lowest BCUT2D eigenvalue weighted by Crippen LogP contribution is -2.33. The van der Waals surface area contributed by atoms with E-state index >= 15 is 0 Å². The molecule has 3 rings (SSSR count). The van der Waals surface area contributed by atoms with Gasteiger partial charge in [-0.3, -0.25) is 4.79 Å². The van der Waals surface area contributed by atoms with Gasteiger partial charge in [-0.25, -0.2) is 9.07 Å². The lowest BCUT2D eigenvalue weighted by Gasteiger charge is -2.12. The maximum absolute atomic E-state index is 14.0. The Morgan fingerprint density at radius 3 is 2.79 bits per heavy atom. The van der Waals surface area contributed by atoms with Crippen LogP contribution in [0.2, 0.25) is 0 Å². The standard InChI is InChI=1S/C17H18FN3O2S/c1-19-16(24)12-8-14(11-5-6-15(23-2)13(18)7-11)20-21(17(12)22)9-10-3-4-10/h5-8,10H,3-4,9H2,1-2H3,(H,19,24). The average Bonchev–Trinajstić information content (AvgIpc) is 3.40. The van der Waals surface area contributed by atoms with E-state index in [-0.39, 0.29) is 11.3 Å². The Kier molecular flexibility index (Phi) is 4.62. The minimum Gasteiger partial charge on any atom is -0.494 e. The molecule has 1 saturated carbocycles. The van der Waals surface area contributed by atoms with Gasteiger partial charge in [-0.1, -0.05) is 12.2 Å². The van der Waals surface area contributed by atoms with Crippen LogP contribution in [0, 0.1) is 11.7 Å². The molecule has 0 spiro atoms. The van der Waals surface area contributed by atoms with Crippen LogP contribution in [-0.4, -0.2) is 28.9 Å². The number of hydrogen-bond donors (Lipinski definition) is 1. The molecule has 7 heteroatoms. The van der Waals surface area contributed by atoms with E-state index in [1.54, 1.807) is 25.2 Å². The van der Waals surface area contributed by atoms with E-state index in [0.29, 0.717) is 34.3 Å². The topological polar surface area (TPSA) is 56.1 Å². The molecule has 1 heterocycles. The van der Waals surface area contributed by atoms with Crippen molar-refractivity contribution < 1.29 is 9.13 Å². The van der Waals surface area contributed by atoms with Gasteiger partial charge in [0.2, 0.25) is 0 Å². The van der Waals surface area contributed by atoms with Crippen LogP contribution < -0.4 is 15.6 Å². The first kappa shape index (κ1) is 16.6. The maximum Gasteiger partial charge on any atom is 0.277 e. The molecular formula is C17H18FN3O2S. The van der Waals surface area contributed by atoms with Crippen LogP contribution in [0.5, 0.6) is 5.75 Å². The van der Waals surface area contributed by atoms with Crippen molar-refractivity contribution in [3.63, 3.8) is 0 Å². The van der Waals surface area contributed by atoms with Gasteiger partial charge < -0.3 is 10.1 Å². The summed E-state index contributed by atoms with van der Waals surface area (Å²) in [6, 6.07) is 6.20. The van der Waals surface area contributed by atoms with Gasteiger partial charge in [0.25, 0.3) is 5.56 Å². The fourth-order valence-electron chi connectivity index (χ4n) is 2.47. The molecule has 1 fully saturated rings. The van der Waals surface area contributed by atoms with Gasteiger partial charge in [-0.05, 0) is 43.0 Å². The number of halogens is 1. The number of benzene rings is 1. The van der Waals surface area contributed by atoms with Crippen LogP contribution in [0.15, 0.2) is 29.1 Å². The fourth-order valence-corrected chi connectivity index (χ4v) is 2.62. The SMILES string of the molecule is CNC(=S)c1cc(-c2ccc(OC)c(F)c2)nn(CC2CC2)c1=O. The monoisotopic (exact) mass is 347 g/mol. The van der Waals surface area contributed by atoms with Crippen LogP contribution in [0.3, 0.4) is 0 Å². The van der Waals surface area contributed by atoms with E-state index < -0.39 is 5.82 Å². The van der Waals surface area contributed by atoms with Crippen molar-refractivity contribution in [2.75, 3.05) is 14.2 Å². The van der Waals surface area contributed by atoms with Crippen molar-refractivity contribution in [3.8, 4) is 17.0 Å². The second-order valence-electron chi connectivity index (χ2n) is 5.80. The lowest BCUT2D eigenvalue weighted by molar-refractivity contribution is 0.386. The predicted octanol–water partition coefficient (Wildman–Crippen LogP) is 2.36. The molecular weight excluding hydrogens is 329 g/mol. The second-order valence-corrected chi connectivity index (χ2v) is 6.21. The summed E-state index contributed by atoms with van der Waals surface area (Å²) in [5.41, 5.74) is 1.22. The molecule has 0 aliphatic heterocycles. The Labute approximate surface area is 144 Å². The van der Waals surface area contributed by atoms with Crippen molar-refractivity contribution in [2.45, 2.75) is 19.4 Å². The minimum absolute atomic E-state index is 0.163. The number of aromatic nitrogens is 2. The molecule has 1 aliphatic rings. The van der Waals surface area contributed by atoms with E-state index in [1.165, 1.54) is 17.9 Å². The molecule has 2 aromatic rings. The molecule has 1 aromatic carbocycles. The lowest BCUT2D eigenvalue weighted by atomic mass is 10.1. The largest absolute Gasteiger partial charge is 0.494 e. The summed E-state index contributed by atoms with van der Waals surface area (Å²) in [7, 11) is 3.08. The summed E-state index contributed by atoms with van der Waals surface area (Å²) in [6.45, 7) is 0.560. The highest BCUT2D eigenvalue weighted by atomic mass is 32.1. The van der Waals surface area contributed by atoms with E-state index in [9.17, 15) is 9.18 Å². The van der Waals surface area contributed by atoms with Gasteiger partial charge in [0.15, 0.2) is 11.6 Å². The zero-order valence-corrected chi connectivity index (χ0v) is 14.3. The molecule has 0 unspecified atom stereocenters. The molecule has 126 valence electrons. The van der Waals surface area contributed by atoms with Crippen molar-refractivity contribution in [1.82, 2.24) is 15.1 Å². The Hall–Kier alpha value is -2.28. The predicted molar refractivity (Wildman–Crippen MR) is 93.9 cm³/mol. The van der Waals surface area contributed by atoms with Crippen molar-refractivity contribution in [2.24, 2.45) is 5.92 Å². The summed E-state index contributed by atoms with van der Waals surface area (Å²) in [6.07, 6.45) is 2.20. The van der Waals surface area contributed by atoms with Crippen molar-refractivity contribution in [3.05, 3.63) is 46.0 Å². The third-order valence-electron chi connectivity index (χ3n) is 4.02. The maximum atomic E-state index is 14.0. The van der Waals surface area contributed by atoms with Gasteiger partial charge in [-0.15, -0.1) is 0 Å². The first-order valence-corrected chi connectivity index (χ1v) is 8.12. The normalized spacial score (nSPS) is 13.6. The van der Waals surface area contributed by atoms with Gasteiger partial charge in [0.05, 0.1) is 18.4 Å². The van der Waals surface area contributed by atoms with Gasteiger partial charge in [0.1, 0.15) is 4.99 Å². The smallest absolute Gasteiger partial charge is 0.277 e. The molecule has 0 atom stereocenters. The number of rotatable bonds is 5. The quantitative estimate of drug-likeness (QED) is 0.842. The molecule has 0 bridgehead atoms. The number of nitrogens with zero attached hydrogens (tertiary/aromatic N) is 2. The minimum atomic E-state index is -0.477. The Morgan fingerprint density at radius 1 is 1.46 bits per heavy atom. The Morgan fingerprint density at radius 2 is 2.21 bits per heavy atom. The van der Waals surface area contributed by atoms with Crippen molar-refractivity contribution in [1.29, 1.82) is 0 Å². The van der Waals surface area contributed by atoms with Crippen LogP contribution >= 0.6 is 12.2 Å². The van der Waals surface area contributed by atoms with E-state index in [0.717, 1.165) is 12.8 Å². The fraction of sp³-hybridized carbons (Fsp3) is 0.353. The van der Waals surface area contributed by atoms with Crippen LogP contribution in [-0.2, 0) is 6.54 Å². The van der Waals surface area contributed by atoms with Crippen LogP contribution in [0.25, 0.3) is 11.3 Å². The van der Waals surface area contributed by atoms with Gasteiger partial charge >= 0.3 is 0 Å². The zero-order chi connectivity index (χ0) is 17.3. The second kappa shape index (κ2) is 6.68. The third kappa shape index (κ3) is 3.31. The number of ether oxygens (including phenoxy) is 1. The number of methoxy groups -OCH3 is 1.